The predicted octanol–water partition coefficient (Wildman–Crippen LogP) is 1.26. The van der Waals surface area contributed by atoms with Gasteiger partial charge in [0.05, 0.1) is 65.4 Å². The normalized spacial score (nSPS) is 21.5. The maximum absolute atomic E-state index is 12.9. The third-order valence-electron chi connectivity index (χ3n) is 6.96. The van der Waals surface area contributed by atoms with Crippen molar-refractivity contribution in [3.05, 3.63) is 71.3 Å². The minimum atomic E-state index is -0.682. The van der Waals surface area contributed by atoms with Crippen LogP contribution in [0.25, 0.3) is 0 Å². The summed E-state index contributed by atoms with van der Waals surface area (Å²) in [5.41, 5.74) is 4.55. The van der Waals surface area contributed by atoms with Crippen LogP contribution in [0.2, 0.25) is 0 Å². The Labute approximate surface area is 225 Å². The monoisotopic (exact) mass is 546 g/mol. The van der Waals surface area contributed by atoms with Crippen LogP contribution < -0.4 is 5.43 Å². The van der Waals surface area contributed by atoms with Crippen LogP contribution in [-0.2, 0) is 41.4 Å². The molecule has 4 saturated heterocycles. The number of hydrogen-bond donors (Lipinski definition) is 1. The number of carbonyl (C=O) groups is 2. The molecule has 2 aromatic carbocycles. The number of nitrogens with zero attached hydrogens (tertiary/aromatic N) is 3. The standard InChI is InChI=1S/C14H17FN2O3.C13H15FN2O3/c1-16-9-14(19-6-7-20-14)10-17(16)13(18)8-11-2-4-12(15)5-3-11;14-11-3-1-10(2-4-11)7-12(17)16-9-13(8-15-16)18-5-6-19-13/h2-5H,6-10H2,1H3;1-4,15H,5-9H2. The molecular weight excluding hydrogens is 514 g/mol. The Morgan fingerprint density at radius 1 is 0.744 bits per heavy atom. The molecule has 0 aliphatic carbocycles. The van der Waals surface area contributed by atoms with Crippen molar-refractivity contribution >= 4 is 11.8 Å². The van der Waals surface area contributed by atoms with E-state index >= 15 is 0 Å². The summed E-state index contributed by atoms with van der Waals surface area (Å²) in [4.78, 5) is 24.4. The molecule has 0 bridgehead atoms. The van der Waals surface area contributed by atoms with Gasteiger partial charge >= 0.3 is 0 Å². The number of nitrogens with one attached hydrogen (secondary N) is 1. The maximum atomic E-state index is 12.9. The number of ether oxygens (including phenoxy) is 4. The first-order valence-corrected chi connectivity index (χ1v) is 12.8. The van der Waals surface area contributed by atoms with Crippen molar-refractivity contribution in [1.82, 2.24) is 20.5 Å². The second-order valence-electron chi connectivity index (χ2n) is 9.90. The molecule has 0 radical (unpaired) electrons. The van der Waals surface area contributed by atoms with Crippen molar-refractivity contribution in [3.8, 4) is 0 Å². The van der Waals surface area contributed by atoms with E-state index in [1.54, 1.807) is 29.3 Å². The molecule has 2 amide bonds. The van der Waals surface area contributed by atoms with Crippen molar-refractivity contribution in [2.75, 3.05) is 59.7 Å². The van der Waals surface area contributed by atoms with Gasteiger partial charge in [-0.15, -0.1) is 0 Å². The van der Waals surface area contributed by atoms with Gasteiger partial charge in [0, 0.05) is 7.05 Å². The minimum Gasteiger partial charge on any atom is -0.345 e. The first kappa shape index (κ1) is 27.6. The first-order valence-electron chi connectivity index (χ1n) is 12.8. The van der Waals surface area contributed by atoms with E-state index in [4.69, 9.17) is 18.9 Å². The summed E-state index contributed by atoms with van der Waals surface area (Å²) in [5, 5.41) is 4.96. The van der Waals surface area contributed by atoms with Crippen LogP contribution in [0.5, 0.6) is 0 Å². The van der Waals surface area contributed by atoms with E-state index < -0.39 is 11.6 Å². The molecule has 4 aliphatic heterocycles. The molecule has 2 aromatic rings. The van der Waals surface area contributed by atoms with Gasteiger partial charge in [0.25, 0.3) is 0 Å². The van der Waals surface area contributed by atoms with E-state index in [1.807, 2.05) is 12.1 Å². The number of benzene rings is 2. The van der Waals surface area contributed by atoms with Crippen LogP contribution in [0.4, 0.5) is 8.78 Å². The van der Waals surface area contributed by atoms with Crippen molar-refractivity contribution in [2.45, 2.75) is 24.4 Å². The molecule has 39 heavy (non-hydrogen) atoms. The van der Waals surface area contributed by atoms with Gasteiger partial charge in [-0.1, -0.05) is 24.3 Å². The van der Waals surface area contributed by atoms with Gasteiger partial charge in [0.1, 0.15) is 11.6 Å². The third kappa shape index (κ3) is 6.60. The van der Waals surface area contributed by atoms with Crippen molar-refractivity contribution in [1.29, 1.82) is 0 Å². The van der Waals surface area contributed by atoms with Gasteiger partial charge in [-0.25, -0.2) is 19.2 Å². The van der Waals surface area contributed by atoms with Crippen molar-refractivity contribution in [2.24, 2.45) is 0 Å². The Balaban J connectivity index is 0.000000158. The van der Waals surface area contributed by atoms with Crippen LogP contribution in [0.1, 0.15) is 11.1 Å². The lowest BCUT2D eigenvalue weighted by molar-refractivity contribution is -0.148. The van der Waals surface area contributed by atoms with Crippen LogP contribution in [0, 0.1) is 11.6 Å². The Bertz CT molecular complexity index is 1150. The fourth-order valence-corrected chi connectivity index (χ4v) is 4.97. The molecule has 0 saturated carbocycles. The third-order valence-corrected chi connectivity index (χ3v) is 6.96. The lowest BCUT2D eigenvalue weighted by Gasteiger charge is -2.23. The van der Waals surface area contributed by atoms with Gasteiger partial charge in [-0.05, 0) is 35.4 Å². The van der Waals surface area contributed by atoms with Crippen LogP contribution >= 0.6 is 0 Å². The van der Waals surface area contributed by atoms with E-state index in [0.717, 1.165) is 11.1 Å². The molecule has 0 atom stereocenters. The molecule has 0 aromatic heterocycles. The van der Waals surface area contributed by atoms with E-state index in [2.05, 4.69) is 5.43 Å². The molecule has 10 nitrogen and oxygen atoms in total. The highest BCUT2D eigenvalue weighted by Crippen LogP contribution is 2.29. The smallest absolute Gasteiger partial charge is 0.241 e. The fourth-order valence-electron chi connectivity index (χ4n) is 4.97. The number of hydrogen-bond acceptors (Lipinski definition) is 8. The average molecular weight is 547 g/mol. The van der Waals surface area contributed by atoms with Gasteiger partial charge in [-0.2, -0.15) is 0 Å². The largest absolute Gasteiger partial charge is 0.345 e. The lowest BCUT2D eigenvalue weighted by Crippen LogP contribution is -2.40. The second kappa shape index (κ2) is 11.6. The SMILES string of the molecule is CN1CC2(CN1C(=O)Cc1ccc(F)cc1)OCCO2.O=C(Cc1ccc(F)cc1)N1CC2(CN1)OCCO2. The summed E-state index contributed by atoms with van der Waals surface area (Å²) < 4.78 is 47.9. The topological polar surface area (TPSA) is 92.8 Å². The highest BCUT2D eigenvalue weighted by Gasteiger charge is 2.48. The van der Waals surface area contributed by atoms with Crippen LogP contribution in [0.15, 0.2) is 48.5 Å². The van der Waals surface area contributed by atoms with Gasteiger partial charge in [0.2, 0.25) is 23.4 Å². The molecule has 0 unspecified atom stereocenters. The Hall–Kier alpha value is -3.00. The number of halogens is 2. The molecule has 2 spiro atoms. The minimum absolute atomic E-state index is 0.0462. The summed E-state index contributed by atoms with van der Waals surface area (Å²) in [6, 6.07) is 11.9. The second-order valence-corrected chi connectivity index (χ2v) is 9.90. The summed E-state index contributed by atoms with van der Waals surface area (Å²) in [6.45, 7) is 4.05. The molecule has 12 heteroatoms. The molecule has 210 valence electrons. The van der Waals surface area contributed by atoms with E-state index in [9.17, 15) is 18.4 Å². The molecule has 6 rings (SSSR count). The lowest BCUT2D eigenvalue weighted by atomic mass is 10.1. The number of amides is 2. The van der Waals surface area contributed by atoms with Crippen LogP contribution in [0.3, 0.4) is 0 Å². The average Bonchev–Trinajstić information content (AvgIpc) is 3.73. The van der Waals surface area contributed by atoms with Gasteiger partial charge < -0.3 is 18.9 Å². The van der Waals surface area contributed by atoms with E-state index in [-0.39, 0.29) is 36.3 Å². The molecule has 1 N–H and O–H groups in total. The van der Waals surface area contributed by atoms with E-state index in [1.165, 1.54) is 29.3 Å². The van der Waals surface area contributed by atoms with E-state index in [0.29, 0.717) is 52.6 Å². The molecule has 4 aliphatic rings. The maximum Gasteiger partial charge on any atom is 0.241 e. The predicted molar refractivity (Wildman–Crippen MR) is 134 cm³/mol. The number of rotatable bonds is 4. The highest BCUT2D eigenvalue weighted by molar-refractivity contribution is 5.79. The number of likely N-dealkylation sites (N-methyl/N-ethyl adjacent to an activating group) is 1. The first-order chi connectivity index (χ1) is 18.7. The van der Waals surface area contributed by atoms with Crippen LogP contribution in [-0.4, -0.2) is 98.1 Å². The Kier molecular flexibility index (Phi) is 8.21. The van der Waals surface area contributed by atoms with Crippen molar-refractivity contribution < 1.29 is 37.3 Å². The fraction of sp³-hybridized carbons (Fsp3) is 0.481. The molecule has 4 heterocycles. The zero-order valence-corrected chi connectivity index (χ0v) is 21.7. The summed E-state index contributed by atoms with van der Waals surface area (Å²) >= 11 is 0. The zero-order chi connectivity index (χ0) is 27.5. The molecular formula is C27H32F2N4O6. The molecule has 4 fully saturated rings. The summed E-state index contributed by atoms with van der Waals surface area (Å²) in [5.74, 6) is -2.09. The summed E-state index contributed by atoms with van der Waals surface area (Å²) in [6.07, 6.45) is 0.462. The van der Waals surface area contributed by atoms with Gasteiger partial charge in [0.15, 0.2) is 0 Å². The van der Waals surface area contributed by atoms with Gasteiger partial charge in [-0.3, -0.25) is 19.6 Å². The number of carbonyl (C=O) groups excluding carboxylic acids is 2. The summed E-state index contributed by atoms with van der Waals surface area (Å²) in [7, 11) is 1.84. The highest BCUT2D eigenvalue weighted by atomic mass is 19.1. The number of hydrazine groups is 2. The Morgan fingerprint density at radius 2 is 1.23 bits per heavy atom. The Morgan fingerprint density at radius 3 is 1.77 bits per heavy atom. The zero-order valence-electron chi connectivity index (χ0n) is 21.7. The van der Waals surface area contributed by atoms with Crippen molar-refractivity contribution in [3.63, 3.8) is 0 Å². The quantitative estimate of drug-likeness (QED) is 0.613.